The van der Waals surface area contributed by atoms with Crippen molar-refractivity contribution in [2.24, 2.45) is 5.41 Å². The van der Waals surface area contributed by atoms with E-state index in [0.29, 0.717) is 47.4 Å². The minimum absolute atomic E-state index is 0. The zero-order valence-corrected chi connectivity index (χ0v) is 27.9. The minimum atomic E-state index is -0.514. The van der Waals surface area contributed by atoms with Crippen LogP contribution in [0.2, 0.25) is 5.02 Å². The van der Waals surface area contributed by atoms with Crippen LogP contribution in [0.15, 0.2) is 30.3 Å². The summed E-state index contributed by atoms with van der Waals surface area (Å²) in [6, 6.07) is 10.0. The lowest BCUT2D eigenvalue weighted by atomic mass is 9.85. The highest BCUT2D eigenvalue weighted by Crippen LogP contribution is 2.32. The lowest BCUT2D eigenvalue weighted by Crippen LogP contribution is -2.56. The lowest BCUT2D eigenvalue weighted by molar-refractivity contribution is -0.107. The van der Waals surface area contributed by atoms with Gasteiger partial charge in [-0.05, 0) is 66.4 Å². The van der Waals surface area contributed by atoms with E-state index in [-0.39, 0.29) is 29.5 Å². The molecule has 0 bridgehead atoms. The number of carbonyl (C=O) groups excluding carboxylic acids is 2. The fourth-order valence-electron chi connectivity index (χ4n) is 4.33. The van der Waals surface area contributed by atoms with Gasteiger partial charge in [0.25, 0.3) is 0 Å². The van der Waals surface area contributed by atoms with Crippen LogP contribution in [-0.2, 0) is 11.2 Å². The Labute approximate surface area is 268 Å². The SMILES string of the molecule is C.CC.COc1ccc(CCNC(=S)N(C)CC(N(C)C(=O)N(C=O)c2ccc(C#N)c(Cl)c2C)C(C)(C)C)cc1OC. The Morgan fingerprint density at radius 1 is 1.14 bits per heavy atom. The van der Waals surface area contributed by atoms with Crippen LogP contribution in [0.1, 0.15) is 58.7 Å². The summed E-state index contributed by atoms with van der Waals surface area (Å²) >= 11 is 11.9. The number of methoxy groups -OCH3 is 2. The molecular formula is C32H48ClN5O4S. The number of ether oxygens (including phenoxy) is 2. The third kappa shape index (κ3) is 10.3. The van der Waals surface area contributed by atoms with Gasteiger partial charge in [0.1, 0.15) is 6.07 Å². The van der Waals surface area contributed by atoms with Crippen LogP contribution in [0.4, 0.5) is 10.5 Å². The molecule has 11 heteroatoms. The van der Waals surface area contributed by atoms with Crippen LogP contribution in [0, 0.1) is 23.7 Å². The number of urea groups is 1. The van der Waals surface area contributed by atoms with Crippen molar-refractivity contribution in [1.29, 1.82) is 5.26 Å². The summed E-state index contributed by atoms with van der Waals surface area (Å²) in [5, 5.41) is 13.3. The molecule has 0 radical (unpaired) electrons. The van der Waals surface area contributed by atoms with Crippen LogP contribution in [-0.4, -0.2) is 74.8 Å². The fourth-order valence-corrected chi connectivity index (χ4v) is 4.71. The molecule has 0 aliphatic carbocycles. The van der Waals surface area contributed by atoms with Gasteiger partial charge in [0.05, 0.1) is 36.5 Å². The molecular weight excluding hydrogens is 586 g/mol. The zero-order valence-electron chi connectivity index (χ0n) is 26.4. The van der Waals surface area contributed by atoms with Crippen molar-refractivity contribution < 1.29 is 19.1 Å². The quantitative estimate of drug-likeness (QED) is 0.229. The maximum absolute atomic E-state index is 13.6. The smallest absolute Gasteiger partial charge is 0.331 e. The summed E-state index contributed by atoms with van der Waals surface area (Å²) in [5.41, 5.74) is 1.79. The van der Waals surface area contributed by atoms with E-state index in [1.807, 2.05) is 70.8 Å². The Kier molecular flexibility index (Phi) is 16.7. The van der Waals surface area contributed by atoms with E-state index < -0.39 is 6.03 Å². The highest BCUT2D eigenvalue weighted by atomic mass is 35.5. The summed E-state index contributed by atoms with van der Waals surface area (Å²) in [6.07, 6.45) is 1.18. The zero-order chi connectivity index (χ0) is 32.2. The lowest BCUT2D eigenvalue weighted by Gasteiger charge is -2.41. The van der Waals surface area contributed by atoms with Crippen molar-refractivity contribution in [2.75, 3.05) is 46.3 Å². The molecule has 1 unspecified atom stereocenters. The first-order valence-corrected chi connectivity index (χ1v) is 14.5. The molecule has 0 heterocycles. The van der Waals surface area contributed by atoms with Crippen LogP contribution < -0.4 is 19.7 Å². The van der Waals surface area contributed by atoms with Crippen LogP contribution in [0.5, 0.6) is 11.5 Å². The van der Waals surface area contributed by atoms with Crippen LogP contribution in [0.3, 0.4) is 0 Å². The molecule has 0 aromatic heterocycles. The fraction of sp³-hybridized carbons (Fsp3) is 0.500. The third-order valence-electron chi connectivity index (χ3n) is 6.75. The van der Waals surface area contributed by atoms with Crippen molar-refractivity contribution in [3.8, 4) is 17.6 Å². The topological polar surface area (TPSA) is 98.1 Å². The Morgan fingerprint density at radius 2 is 1.74 bits per heavy atom. The van der Waals surface area contributed by atoms with Gasteiger partial charge in [-0.1, -0.05) is 59.7 Å². The monoisotopic (exact) mass is 633 g/mol. The number of imide groups is 1. The van der Waals surface area contributed by atoms with Crippen LogP contribution in [0.25, 0.3) is 0 Å². The molecule has 2 aromatic carbocycles. The molecule has 1 N–H and O–H groups in total. The van der Waals surface area contributed by atoms with E-state index in [4.69, 9.17) is 33.3 Å². The Balaban J connectivity index is 0.00000575. The van der Waals surface area contributed by atoms with Gasteiger partial charge in [0.2, 0.25) is 6.41 Å². The van der Waals surface area contributed by atoms with Gasteiger partial charge in [-0.3, -0.25) is 4.79 Å². The first-order chi connectivity index (χ1) is 19.8. The summed E-state index contributed by atoms with van der Waals surface area (Å²) in [5.74, 6) is 1.34. The number of nitrogens with one attached hydrogen (secondary N) is 1. The first kappa shape index (κ1) is 39.5. The maximum Gasteiger partial charge on any atom is 0.331 e. The normalized spacial score (nSPS) is 10.9. The summed E-state index contributed by atoms with van der Waals surface area (Å²) < 4.78 is 10.7. The van der Waals surface area contributed by atoms with E-state index in [9.17, 15) is 14.9 Å². The number of anilines is 1. The molecule has 2 rings (SSSR count). The predicted octanol–water partition coefficient (Wildman–Crippen LogP) is 6.68. The molecule has 3 amide bonds. The largest absolute Gasteiger partial charge is 0.493 e. The molecule has 9 nitrogen and oxygen atoms in total. The molecule has 0 aliphatic rings. The highest BCUT2D eigenvalue weighted by molar-refractivity contribution is 7.80. The second kappa shape index (κ2) is 18.2. The first-order valence-electron chi connectivity index (χ1n) is 13.7. The third-order valence-corrected chi connectivity index (χ3v) is 7.69. The van der Waals surface area contributed by atoms with E-state index in [1.54, 1.807) is 39.2 Å². The second-order valence-corrected chi connectivity index (χ2v) is 11.3. The predicted molar refractivity (Wildman–Crippen MR) is 180 cm³/mol. The number of halogens is 1. The number of hydrogen-bond donors (Lipinski definition) is 1. The summed E-state index contributed by atoms with van der Waals surface area (Å²) in [4.78, 5) is 30.1. The number of likely N-dealkylation sites (N-methyl/N-ethyl adjacent to an activating group) is 2. The number of thiocarbonyl (C=S) groups is 1. The average molecular weight is 634 g/mol. The molecule has 0 spiro atoms. The van der Waals surface area contributed by atoms with Gasteiger partial charge in [0, 0.05) is 27.2 Å². The standard InChI is InChI=1S/C29H38ClN5O4S.C2H6.CH4/c1-19-22(11-10-21(16-31)26(19)30)35(18-36)28(37)34(6)25(29(2,3)4)17-33(5)27(40)32-14-13-20-9-12-23(38-7)24(15-20)39-8;1-2;/h9-12,15,18,25H,13-14,17H2,1-8H3,(H,32,40);1-2H3;1H4. The molecule has 238 valence electrons. The number of carbonyl (C=O) groups is 2. The number of rotatable bonds is 10. The van der Waals surface area contributed by atoms with Crippen molar-refractivity contribution >= 4 is 47.1 Å². The van der Waals surface area contributed by atoms with Gasteiger partial charge in [-0.2, -0.15) is 5.26 Å². The van der Waals surface area contributed by atoms with Crippen molar-refractivity contribution in [3.63, 3.8) is 0 Å². The van der Waals surface area contributed by atoms with E-state index in [1.165, 1.54) is 6.07 Å². The number of benzene rings is 2. The molecule has 2 aromatic rings. The molecule has 0 saturated heterocycles. The van der Waals surface area contributed by atoms with Gasteiger partial charge >= 0.3 is 6.03 Å². The summed E-state index contributed by atoms with van der Waals surface area (Å²) in [6.45, 7) is 12.8. The Bertz CT molecular complexity index is 1280. The Morgan fingerprint density at radius 3 is 2.26 bits per heavy atom. The molecule has 0 aliphatic heterocycles. The average Bonchev–Trinajstić information content (AvgIpc) is 2.98. The number of hydrogen-bond acceptors (Lipinski definition) is 6. The second-order valence-electron chi connectivity index (χ2n) is 10.5. The van der Waals surface area contributed by atoms with Gasteiger partial charge in [-0.25, -0.2) is 9.69 Å². The van der Waals surface area contributed by atoms with E-state index >= 15 is 0 Å². The highest BCUT2D eigenvalue weighted by Gasteiger charge is 2.35. The van der Waals surface area contributed by atoms with E-state index in [0.717, 1.165) is 16.9 Å². The molecule has 0 saturated carbocycles. The van der Waals surface area contributed by atoms with E-state index in [2.05, 4.69) is 5.32 Å². The Hall–Kier alpha value is -3.55. The number of nitrogens with zero attached hydrogens (tertiary/aromatic N) is 4. The van der Waals surface area contributed by atoms with Gasteiger partial charge in [-0.15, -0.1) is 0 Å². The molecule has 0 fully saturated rings. The van der Waals surface area contributed by atoms with Crippen molar-refractivity contribution in [2.45, 2.75) is 61.4 Å². The van der Waals surface area contributed by atoms with Gasteiger partial charge < -0.3 is 24.6 Å². The number of nitriles is 1. The van der Waals surface area contributed by atoms with Crippen LogP contribution >= 0.6 is 23.8 Å². The maximum atomic E-state index is 13.6. The molecule has 1 atom stereocenters. The molecule has 43 heavy (non-hydrogen) atoms. The summed E-state index contributed by atoms with van der Waals surface area (Å²) in [7, 11) is 6.73. The van der Waals surface area contributed by atoms with Crippen molar-refractivity contribution in [1.82, 2.24) is 15.1 Å². The van der Waals surface area contributed by atoms with Gasteiger partial charge in [0.15, 0.2) is 16.6 Å². The van der Waals surface area contributed by atoms with Crippen molar-refractivity contribution in [3.05, 3.63) is 52.0 Å². The minimum Gasteiger partial charge on any atom is -0.493 e. The number of amides is 3.